The topological polar surface area (TPSA) is 50.7 Å². The zero-order valence-electron chi connectivity index (χ0n) is 11.1. The quantitative estimate of drug-likeness (QED) is 0.787. The van der Waals surface area contributed by atoms with E-state index in [0.29, 0.717) is 19.0 Å². The highest BCUT2D eigenvalue weighted by Gasteiger charge is 2.28. The van der Waals surface area contributed by atoms with Crippen LogP contribution in [0, 0.1) is 5.41 Å². The molecule has 1 N–H and O–H groups in total. The summed E-state index contributed by atoms with van der Waals surface area (Å²) in [5.41, 5.74) is 0.240. The fourth-order valence-corrected chi connectivity index (χ4v) is 2.58. The van der Waals surface area contributed by atoms with Crippen molar-refractivity contribution in [1.29, 1.82) is 0 Å². The fourth-order valence-electron chi connectivity index (χ4n) is 1.63. The first kappa shape index (κ1) is 14.4. The third-order valence-electron chi connectivity index (χ3n) is 2.79. The van der Waals surface area contributed by atoms with Crippen molar-refractivity contribution in [2.45, 2.75) is 39.7 Å². The standard InChI is InChI=1S/C12H22N2O2S/c1-12(2,3)9-6-8-17-11(14-9)13-7-5-10(15)16-4/h9H,5-8H2,1-4H3,(H,13,14). The zero-order valence-corrected chi connectivity index (χ0v) is 11.9. The number of rotatable bonds is 3. The molecule has 1 aliphatic heterocycles. The summed E-state index contributed by atoms with van der Waals surface area (Å²) < 4.78 is 4.58. The smallest absolute Gasteiger partial charge is 0.307 e. The van der Waals surface area contributed by atoms with Crippen LogP contribution in [0.15, 0.2) is 4.99 Å². The molecule has 0 radical (unpaired) electrons. The van der Waals surface area contributed by atoms with E-state index >= 15 is 0 Å². The van der Waals surface area contributed by atoms with E-state index in [1.54, 1.807) is 11.8 Å². The van der Waals surface area contributed by atoms with Gasteiger partial charge in [-0.15, -0.1) is 0 Å². The molecule has 1 atom stereocenters. The first-order valence-electron chi connectivity index (χ1n) is 5.94. The van der Waals surface area contributed by atoms with Crippen LogP contribution in [0.4, 0.5) is 0 Å². The molecule has 98 valence electrons. The maximum absolute atomic E-state index is 11.0. The van der Waals surface area contributed by atoms with Crippen LogP contribution in [0.25, 0.3) is 0 Å². The normalized spacial score (nSPS) is 23.3. The maximum Gasteiger partial charge on any atom is 0.307 e. The van der Waals surface area contributed by atoms with Crippen LogP contribution in [-0.4, -0.2) is 36.6 Å². The molecule has 0 spiro atoms. The molecule has 0 aromatic rings. The Labute approximate surface area is 108 Å². The highest BCUT2D eigenvalue weighted by atomic mass is 32.2. The lowest BCUT2D eigenvalue weighted by Crippen LogP contribution is -2.46. The van der Waals surface area contributed by atoms with Gasteiger partial charge in [-0.25, -0.2) is 0 Å². The number of ether oxygens (including phenoxy) is 1. The van der Waals surface area contributed by atoms with Crippen LogP contribution in [0.2, 0.25) is 0 Å². The van der Waals surface area contributed by atoms with Gasteiger partial charge in [0.05, 0.1) is 20.1 Å². The molecule has 0 aliphatic carbocycles. The van der Waals surface area contributed by atoms with Crippen LogP contribution in [0.5, 0.6) is 0 Å². The van der Waals surface area contributed by atoms with Crippen molar-refractivity contribution in [3.63, 3.8) is 0 Å². The second-order valence-electron chi connectivity index (χ2n) is 5.21. The van der Waals surface area contributed by atoms with Crippen LogP contribution < -0.4 is 5.32 Å². The van der Waals surface area contributed by atoms with Gasteiger partial charge in [-0.3, -0.25) is 9.79 Å². The highest BCUT2D eigenvalue weighted by Crippen LogP contribution is 2.27. The van der Waals surface area contributed by atoms with Gasteiger partial charge in [-0.2, -0.15) is 0 Å². The second kappa shape index (κ2) is 6.28. The lowest BCUT2D eigenvalue weighted by Gasteiger charge is -2.35. The molecule has 1 saturated heterocycles. The van der Waals surface area contributed by atoms with Crippen molar-refractivity contribution < 1.29 is 9.53 Å². The van der Waals surface area contributed by atoms with Crippen LogP contribution in [0.3, 0.4) is 0 Å². The van der Waals surface area contributed by atoms with Crippen molar-refractivity contribution >= 4 is 22.9 Å². The minimum atomic E-state index is -0.206. The van der Waals surface area contributed by atoms with E-state index < -0.39 is 0 Å². The van der Waals surface area contributed by atoms with Crippen LogP contribution in [0.1, 0.15) is 33.6 Å². The average Bonchev–Trinajstić information content (AvgIpc) is 2.28. The summed E-state index contributed by atoms with van der Waals surface area (Å²) in [6.45, 7) is 7.19. The average molecular weight is 258 g/mol. The number of thioether (sulfide) groups is 1. The second-order valence-corrected chi connectivity index (χ2v) is 6.30. The van der Waals surface area contributed by atoms with Gasteiger partial charge in [0.1, 0.15) is 0 Å². The van der Waals surface area contributed by atoms with Gasteiger partial charge in [-0.1, -0.05) is 32.5 Å². The summed E-state index contributed by atoms with van der Waals surface area (Å²) in [4.78, 5) is 15.4. The Kier molecular flexibility index (Phi) is 5.31. The molecule has 1 heterocycles. The summed E-state index contributed by atoms with van der Waals surface area (Å²) in [5, 5.41) is 4.40. The van der Waals surface area contributed by atoms with E-state index in [9.17, 15) is 4.79 Å². The van der Waals surface area contributed by atoms with Crippen molar-refractivity contribution in [3.05, 3.63) is 0 Å². The van der Waals surface area contributed by atoms with Gasteiger partial charge >= 0.3 is 5.97 Å². The molecule has 17 heavy (non-hydrogen) atoms. The Morgan fingerprint density at radius 2 is 2.29 bits per heavy atom. The predicted octanol–water partition coefficient (Wildman–Crippen LogP) is 2.05. The Balaban J connectivity index is 2.44. The number of hydrogen-bond acceptors (Lipinski definition) is 4. The molecule has 0 saturated carbocycles. The van der Waals surface area contributed by atoms with E-state index in [1.165, 1.54) is 7.11 Å². The molecule has 0 amide bonds. The number of nitrogens with one attached hydrogen (secondary N) is 1. The van der Waals surface area contributed by atoms with Crippen molar-refractivity contribution in [1.82, 2.24) is 5.32 Å². The van der Waals surface area contributed by atoms with Gasteiger partial charge < -0.3 is 10.1 Å². The van der Waals surface area contributed by atoms with Gasteiger partial charge in [0, 0.05) is 11.8 Å². The number of aliphatic imine (C=N–C) groups is 1. The number of nitrogens with zero attached hydrogens (tertiary/aromatic N) is 1. The number of methoxy groups -OCH3 is 1. The predicted molar refractivity (Wildman–Crippen MR) is 72.4 cm³/mol. The van der Waals surface area contributed by atoms with Gasteiger partial charge in [0.25, 0.3) is 0 Å². The summed E-state index contributed by atoms with van der Waals surface area (Å²) in [6, 6.07) is 0.459. The molecular formula is C12H22N2O2S. The first-order valence-corrected chi connectivity index (χ1v) is 6.92. The number of esters is 1. The summed E-state index contributed by atoms with van der Waals surface area (Å²) >= 11 is 1.73. The number of amidine groups is 1. The Hall–Kier alpha value is -0.710. The Morgan fingerprint density at radius 1 is 1.59 bits per heavy atom. The molecule has 1 fully saturated rings. The van der Waals surface area contributed by atoms with Gasteiger partial charge in [0.2, 0.25) is 0 Å². The molecule has 1 unspecified atom stereocenters. The molecule has 1 aliphatic rings. The monoisotopic (exact) mass is 258 g/mol. The fraction of sp³-hybridized carbons (Fsp3) is 0.833. The van der Waals surface area contributed by atoms with E-state index in [2.05, 4.69) is 35.8 Å². The molecule has 5 heteroatoms. The summed E-state index contributed by atoms with van der Waals surface area (Å²) in [7, 11) is 1.40. The number of hydrogen-bond donors (Lipinski definition) is 1. The summed E-state index contributed by atoms with van der Waals surface area (Å²) in [6.07, 6.45) is 1.51. The van der Waals surface area contributed by atoms with Gasteiger partial charge in [0.15, 0.2) is 5.17 Å². The molecule has 1 rings (SSSR count). The molecule has 0 bridgehead atoms. The number of carbonyl (C=O) groups excluding carboxylic acids is 1. The van der Waals surface area contributed by atoms with E-state index in [-0.39, 0.29) is 11.4 Å². The third kappa shape index (κ3) is 4.98. The molecule has 0 aromatic heterocycles. The molecule has 4 nitrogen and oxygen atoms in total. The molecule has 0 aromatic carbocycles. The van der Waals surface area contributed by atoms with E-state index in [1.807, 2.05) is 0 Å². The Bertz CT molecular complexity index is 297. The SMILES string of the molecule is COC(=O)CCN=C1NC(C(C)(C)C)CCS1. The van der Waals surface area contributed by atoms with Crippen molar-refractivity contribution in [2.24, 2.45) is 10.4 Å². The van der Waals surface area contributed by atoms with E-state index in [4.69, 9.17) is 0 Å². The highest BCUT2D eigenvalue weighted by molar-refractivity contribution is 8.13. The van der Waals surface area contributed by atoms with Crippen molar-refractivity contribution in [2.75, 3.05) is 19.4 Å². The van der Waals surface area contributed by atoms with Crippen LogP contribution >= 0.6 is 11.8 Å². The summed E-state index contributed by atoms with van der Waals surface area (Å²) in [5.74, 6) is 0.883. The van der Waals surface area contributed by atoms with Crippen LogP contribution in [-0.2, 0) is 9.53 Å². The lowest BCUT2D eigenvalue weighted by molar-refractivity contribution is -0.140. The zero-order chi connectivity index (χ0) is 12.9. The lowest BCUT2D eigenvalue weighted by atomic mass is 9.85. The van der Waals surface area contributed by atoms with Crippen molar-refractivity contribution in [3.8, 4) is 0 Å². The minimum absolute atomic E-state index is 0.206. The number of carbonyl (C=O) groups is 1. The van der Waals surface area contributed by atoms with E-state index in [0.717, 1.165) is 17.3 Å². The first-order chi connectivity index (χ1) is 7.93. The minimum Gasteiger partial charge on any atom is -0.469 e. The maximum atomic E-state index is 11.0. The third-order valence-corrected chi connectivity index (χ3v) is 3.75. The molecular weight excluding hydrogens is 236 g/mol. The van der Waals surface area contributed by atoms with Gasteiger partial charge in [-0.05, 0) is 11.8 Å². The Morgan fingerprint density at radius 3 is 2.88 bits per heavy atom. The largest absolute Gasteiger partial charge is 0.469 e.